The van der Waals surface area contributed by atoms with Gasteiger partial charge in [-0.25, -0.2) is 0 Å². The topological polar surface area (TPSA) is 90.1 Å². The minimum atomic E-state index is -1.24. The first-order valence-electron chi connectivity index (χ1n) is 12.3. The Morgan fingerprint density at radius 1 is 0.775 bits per heavy atom. The van der Waals surface area contributed by atoms with E-state index in [1.54, 1.807) is 6.07 Å². The fourth-order valence-corrected chi connectivity index (χ4v) is 6.73. The van der Waals surface area contributed by atoms with Crippen molar-refractivity contribution in [2.45, 2.75) is 0 Å². The van der Waals surface area contributed by atoms with Gasteiger partial charge in [0.1, 0.15) is 0 Å². The van der Waals surface area contributed by atoms with Crippen molar-refractivity contribution in [3.8, 4) is 27.6 Å². The van der Waals surface area contributed by atoms with Crippen LogP contribution in [0.25, 0.3) is 38.7 Å². The Hall–Kier alpha value is -4.80. The standard InChI is InChI=1S/C32H20N4O2SSe/c33-20-22(32(37)38)19-26-15-18-29(39-26)28-17-16-27(30-31(28)35-40-34-30)21-11-13-25(14-12-21)36(23-7-3-1-4-8-23)24-9-5-2-6-10-24/h1-19H,(H,37,38)/b22-19+. The van der Waals surface area contributed by atoms with Crippen LogP contribution in [-0.2, 0) is 4.79 Å². The number of hydrogen-bond donors (Lipinski definition) is 1. The minimum absolute atomic E-state index is 0.234. The van der Waals surface area contributed by atoms with Crippen LogP contribution in [-0.4, -0.2) is 34.0 Å². The van der Waals surface area contributed by atoms with Gasteiger partial charge in [-0.05, 0) is 0 Å². The molecule has 0 spiro atoms. The van der Waals surface area contributed by atoms with Gasteiger partial charge in [-0.1, -0.05) is 0 Å². The van der Waals surface area contributed by atoms with Crippen LogP contribution in [0.15, 0.2) is 115 Å². The van der Waals surface area contributed by atoms with Crippen molar-refractivity contribution in [2.24, 2.45) is 0 Å². The van der Waals surface area contributed by atoms with Gasteiger partial charge in [0.05, 0.1) is 0 Å². The Bertz CT molecular complexity index is 1850. The van der Waals surface area contributed by atoms with Crippen molar-refractivity contribution in [2.75, 3.05) is 4.90 Å². The van der Waals surface area contributed by atoms with Crippen LogP contribution in [0.2, 0.25) is 0 Å². The van der Waals surface area contributed by atoms with Gasteiger partial charge in [-0.15, -0.1) is 0 Å². The molecule has 0 unspecified atom stereocenters. The number of aliphatic carboxylic acids is 1. The molecule has 40 heavy (non-hydrogen) atoms. The predicted octanol–water partition coefficient (Wildman–Crippen LogP) is 7.54. The fraction of sp³-hybridized carbons (Fsp3) is 0. The summed E-state index contributed by atoms with van der Waals surface area (Å²) in [6.07, 6.45) is 1.40. The van der Waals surface area contributed by atoms with Crippen LogP contribution in [0.5, 0.6) is 0 Å². The molecule has 0 bridgehead atoms. The third-order valence-electron chi connectivity index (χ3n) is 6.41. The van der Waals surface area contributed by atoms with Crippen LogP contribution in [0.4, 0.5) is 17.1 Å². The molecule has 0 amide bonds. The van der Waals surface area contributed by atoms with E-state index in [0.29, 0.717) is 4.88 Å². The zero-order valence-electron chi connectivity index (χ0n) is 20.9. The van der Waals surface area contributed by atoms with Gasteiger partial charge >= 0.3 is 242 Å². The monoisotopic (exact) mass is 604 g/mol. The number of aromatic nitrogens is 2. The maximum absolute atomic E-state index is 11.2. The molecule has 8 heteroatoms. The summed E-state index contributed by atoms with van der Waals surface area (Å²) in [4.78, 5) is 15.1. The molecule has 192 valence electrons. The summed E-state index contributed by atoms with van der Waals surface area (Å²) < 4.78 is 9.50. The molecule has 2 aromatic heterocycles. The van der Waals surface area contributed by atoms with E-state index in [1.165, 1.54) is 17.4 Å². The summed E-state index contributed by atoms with van der Waals surface area (Å²) in [5, 5.41) is 18.3. The number of rotatable bonds is 7. The number of carboxylic acid groups (broad SMARTS) is 1. The molecule has 4 aromatic carbocycles. The van der Waals surface area contributed by atoms with E-state index in [2.05, 4.69) is 59.5 Å². The molecule has 6 rings (SSSR count). The normalized spacial score (nSPS) is 11.3. The first-order chi connectivity index (χ1) is 19.6. The number of carbonyl (C=O) groups is 1. The Morgan fingerprint density at radius 3 is 1.95 bits per heavy atom. The van der Waals surface area contributed by atoms with Crippen molar-refractivity contribution >= 4 is 66.4 Å². The molecule has 0 aliphatic heterocycles. The van der Waals surface area contributed by atoms with Crippen LogP contribution >= 0.6 is 11.3 Å². The number of nitrogens with zero attached hydrogens (tertiary/aromatic N) is 4. The predicted molar refractivity (Wildman–Crippen MR) is 161 cm³/mol. The molecule has 0 saturated carbocycles. The van der Waals surface area contributed by atoms with E-state index in [-0.39, 0.29) is 20.5 Å². The molecule has 6 aromatic rings. The average molecular weight is 604 g/mol. The molecule has 2 heterocycles. The Kier molecular flexibility index (Phi) is 7.09. The van der Waals surface area contributed by atoms with E-state index in [4.69, 9.17) is 13.2 Å². The number of fused-ring (bicyclic) bond motifs is 1. The SMILES string of the molecule is N#C/C(=C\c1ccc(-c2ccc(-c3ccc(N(c4ccccc4)c4ccccc4)cc3)c3n[se]nc23)s1)C(=O)O. The van der Waals surface area contributed by atoms with Crippen molar-refractivity contribution < 1.29 is 9.90 Å². The maximum atomic E-state index is 11.2. The zero-order valence-corrected chi connectivity index (χ0v) is 23.5. The van der Waals surface area contributed by atoms with Gasteiger partial charge < -0.3 is 0 Å². The molecule has 1 N–H and O–H groups in total. The van der Waals surface area contributed by atoms with Crippen molar-refractivity contribution in [3.63, 3.8) is 0 Å². The number of benzene rings is 4. The first kappa shape index (κ1) is 25.5. The van der Waals surface area contributed by atoms with E-state index in [0.717, 1.165) is 49.7 Å². The molecular formula is C32H20N4O2SSe. The van der Waals surface area contributed by atoms with E-state index in [1.807, 2.05) is 54.6 Å². The Morgan fingerprint density at radius 2 is 1.35 bits per heavy atom. The number of anilines is 3. The van der Waals surface area contributed by atoms with Crippen LogP contribution in [0.1, 0.15) is 4.88 Å². The van der Waals surface area contributed by atoms with Gasteiger partial charge in [0.2, 0.25) is 0 Å². The van der Waals surface area contributed by atoms with E-state index >= 15 is 0 Å². The number of nitriles is 1. The summed E-state index contributed by atoms with van der Waals surface area (Å²) in [6, 6.07) is 38.7. The third-order valence-corrected chi connectivity index (χ3v) is 8.58. The van der Waals surface area contributed by atoms with Gasteiger partial charge in [0, 0.05) is 0 Å². The quantitative estimate of drug-likeness (QED) is 0.115. The second-order valence-corrected chi connectivity index (χ2v) is 11.1. The number of hydrogen-bond acceptors (Lipinski definition) is 6. The van der Waals surface area contributed by atoms with Gasteiger partial charge in [-0.3, -0.25) is 0 Å². The van der Waals surface area contributed by atoms with Crippen molar-refractivity contribution in [1.29, 1.82) is 5.26 Å². The second-order valence-electron chi connectivity index (χ2n) is 8.85. The summed E-state index contributed by atoms with van der Waals surface area (Å²) in [6.45, 7) is 0. The van der Waals surface area contributed by atoms with E-state index in [9.17, 15) is 9.90 Å². The molecule has 0 radical (unpaired) electrons. The number of carboxylic acids is 1. The number of thiophene rings is 1. The van der Waals surface area contributed by atoms with Gasteiger partial charge in [-0.2, -0.15) is 0 Å². The van der Waals surface area contributed by atoms with Crippen molar-refractivity contribution in [3.05, 3.63) is 120 Å². The second kappa shape index (κ2) is 11.1. The van der Waals surface area contributed by atoms with Crippen LogP contribution in [0, 0.1) is 11.3 Å². The fourth-order valence-electron chi connectivity index (χ4n) is 4.55. The molecule has 0 saturated heterocycles. The Labute approximate surface area is 240 Å². The van der Waals surface area contributed by atoms with Crippen molar-refractivity contribution in [1.82, 2.24) is 7.96 Å². The average Bonchev–Trinajstić information content (AvgIpc) is 3.67. The number of para-hydroxylation sites is 2. The molecule has 0 fully saturated rings. The first-order valence-corrected chi connectivity index (χ1v) is 14.7. The van der Waals surface area contributed by atoms with Crippen LogP contribution < -0.4 is 4.90 Å². The molecular weight excluding hydrogens is 583 g/mol. The van der Waals surface area contributed by atoms with Crippen LogP contribution in [0.3, 0.4) is 0 Å². The molecule has 0 aliphatic carbocycles. The Balaban J connectivity index is 1.36. The molecule has 0 aliphatic rings. The summed E-state index contributed by atoms with van der Waals surface area (Å²) in [7, 11) is 0. The summed E-state index contributed by atoms with van der Waals surface area (Å²) in [5.41, 5.74) is 7.69. The zero-order chi connectivity index (χ0) is 27.5. The summed E-state index contributed by atoms with van der Waals surface area (Å²) >= 11 is 1.19. The molecule has 0 atom stereocenters. The van der Waals surface area contributed by atoms with E-state index < -0.39 is 5.97 Å². The van der Waals surface area contributed by atoms with Gasteiger partial charge in [0.25, 0.3) is 0 Å². The van der Waals surface area contributed by atoms with Gasteiger partial charge in [0.15, 0.2) is 0 Å². The molecule has 6 nitrogen and oxygen atoms in total. The third kappa shape index (κ3) is 4.97. The summed E-state index contributed by atoms with van der Waals surface area (Å²) in [5.74, 6) is -1.24.